The Bertz CT molecular complexity index is 511. The zero-order chi connectivity index (χ0) is 11.0. The molecular formula is C14H11BO. The van der Waals surface area contributed by atoms with Gasteiger partial charge in [0.05, 0.1) is 0 Å². The van der Waals surface area contributed by atoms with Crippen LogP contribution in [0.1, 0.15) is 11.1 Å². The normalized spacial score (nSPS) is 12.9. The van der Waals surface area contributed by atoms with E-state index in [2.05, 4.69) is 12.2 Å². The Morgan fingerprint density at radius 2 is 1.12 bits per heavy atom. The summed E-state index contributed by atoms with van der Waals surface area (Å²) in [6.07, 6.45) is 4.12. The molecule has 2 aromatic rings. The molecule has 0 spiro atoms. The molecule has 0 unspecified atom stereocenters. The molecule has 0 aliphatic carbocycles. The summed E-state index contributed by atoms with van der Waals surface area (Å²) in [7, 11) is 0. The van der Waals surface area contributed by atoms with Crippen molar-refractivity contribution in [2.75, 3.05) is 0 Å². The number of rotatable bonds is 0. The van der Waals surface area contributed by atoms with Crippen molar-refractivity contribution in [1.29, 1.82) is 0 Å². The number of hydrogen-bond donors (Lipinski definition) is 1. The van der Waals surface area contributed by atoms with E-state index in [9.17, 15) is 5.02 Å². The molecule has 3 rings (SSSR count). The monoisotopic (exact) mass is 206 g/mol. The van der Waals surface area contributed by atoms with Crippen molar-refractivity contribution in [1.82, 2.24) is 0 Å². The first-order chi connectivity index (χ1) is 7.86. The smallest absolute Gasteiger partial charge is 0.360 e. The minimum absolute atomic E-state index is 0.526. The van der Waals surface area contributed by atoms with Crippen molar-refractivity contribution in [3.8, 4) is 0 Å². The number of hydrogen-bond acceptors (Lipinski definition) is 1. The molecule has 2 aromatic carbocycles. The molecule has 16 heavy (non-hydrogen) atoms. The molecule has 0 amide bonds. The van der Waals surface area contributed by atoms with Crippen molar-refractivity contribution in [3.63, 3.8) is 0 Å². The van der Waals surface area contributed by atoms with Gasteiger partial charge in [-0.05, 0) is 22.1 Å². The lowest BCUT2D eigenvalue weighted by Gasteiger charge is -2.09. The van der Waals surface area contributed by atoms with E-state index in [1.165, 1.54) is 0 Å². The van der Waals surface area contributed by atoms with Gasteiger partial charge in [0.1, 0.15) is 0 Å². The first kappa shape index (κ1) is 9.43. The van der Waals surface area contributed by atoms with Crippen molar-refractivity contribution >= 4 is 30.0 Å². The second-order valence-electron chi connectivity index (χ2n) is 3.99. The van der Waals surface area contributed by atoms with Gasteiger partial charge in [-0.1, -0.05) is 60.7 Å². The third-order valence-corrected chi connectivity index (χ3v) is 3.02. The Morgan fingerprint density at radius 1 is 0.688 bits per heavy atom. The van der Waals surface area contributed by atoms with Gasteiger partial charge >= 0.3 is 6.92 Å². The van der Waals surface area contributed by atoms with E-state index in [4.69, 9.17) is 0 Å². The zero-order valence-electron chi connectivity index (χ0n) is 8.80. The Balaban J connectivity index is 2.26. The fourth-order valence-corrected chi connectivity index (χ4v) is 2.17. The van der Waals surface area contributed by atoms with Crippen LogP contribution < -0.4 is 10.9 Å². The fraction of sp³-hybridized carbons (Fsp3) is 0. The lowest BCUT2D eigenvalue weighted by molar-refractivity contribution is 0.600. The van der Waals surface area contributed by atoms with Crippen molar-refractivity contribution < 1.29 is 5.02 Å². The Morgan fingerprint density at radius 3 is 1.62 bits per heavy atom. The standard InChI is InChI=1S/C14H11BO/c16-15-13-7-3-1-5-11(13)9-10-12-6-2-4-8-14(12)15/h1-10,16H. The summed E-state index contributed by atoms with van der Waals surface area (Å²) in [5.41, 5.74) is 4.13. The Kier molecular flexibility index (Phi) is 2.15. The molecule has 0 atom stereocenters. The highest BCUT2D eigenvalue weighted by atomic mass is 16.2. The van der Waals surface area contributed by atoms with Crippen LogP contribution in [0.4, 0.5) is 0 Å². The van der Waals surface area contributed by atoms with Gasteiger partial charge in [0.25, 0.3) is 0 Å². The van der Waals surface area contributed by atoms with E-state index in [0.717, 1.165) is 22.1 Å². The molecule has 1 aliphatic heterocycles. The summed E-state index contributed by atoms with van der Waals surface area (Å²) < 4.78 is 0. The van der Waals surface area contributed by atoms with Crippen LogP contribution in [0.2, 0.25) is 0 Å². The van der Waals surface area contributed by atoms with Gasteiger partial charge in [0, 0.05) is 0 Å². The van der Waals surface area contributed by atoms with Gasteiger partial charge < -0.3 is 5.02 Å². The first-order valence-corrected chi connectivity index (χ1v) is 5.40. The Hall–Kier alpha value is -1.80. The molecule has 0 saturated carbocycles. The summed E-state index contributed by atoms with van der Waals surface area (Å²) in [5.74, 6) is 0. The predicted molar refractivity (Wildman–Crippen MR) is 69.1 cm³/mol. The van der Waals surface area contributed by atoms with E-state index in [1.807, 2.05) is 48.5 Å². The average molecular weight is 206 g/mol. The van der Waals surface area contributed by atoms with Crippen LogP contribution >= 0.6 is 0 Å². The van der Waals surface area contributed by atoms with Crippen molar-refractivity contribution in [2.24, 2.45) is 0 Å². The molecule has 0 fully saturated rings. The Labute approximate surface area is 95.2 Å². The van der Waals surface area contributed by atoms with Crippen LogP contribution in [0.3, 0.4) is 0 Å². The van der Waals surface area contributed by atoms with Gasteiger partial charge in [-0.15, -0.1) is 0 Å². The van der Waals surface area contributed by atoms with Gasteiger partial charge in [0.15, 0.2) is 0 Å². The molecule has 76 valence electrons. The van der Waals surface area contributed by atoms with Gasteiger partial charge in [-0.2, -0.15) is 0 Å². The third kappa shape index (κ3) is 1.39. The van der Waals surface area contributed by atoms with Crippen LogP contribution in [-0.2, 0) is 0 Å². The minimum atomic E-state index is -0.526. The second-order valence-corrected chi connectivity index (χ2v) is 3.99. The molecule has 1 N–H and O–H groups in total. The average Bonchev–Trinajstić information content (AvgIpc) is 2.49. The topological polar surface area (TPSA) is 20.2 Å². The quantitative estimate of drug-likeness (QED) is 0.643. The van der Waals surface area contributed by atoms with Crippen LogP contribution in [0.15, 0.2) is 48.5 Å². The van der Waals surface area contributed by atoms with E-state index in [-0.39, 0.29) is 0 Å². The highest BCUT2D eigenvalue weighted by molar-refractivity contribution is 6.80. The maximum absolute atomic E-state index is 10.4. The van der Waals surface area contributed by atoms with E-state index >= 15 is 0 Å². The lowest BCUT2D eigenvalue weighted by Crippen LogP contribution is -2.43. The number of benzene rings is 2. The van der Waals surface area contributed by atoms with E-state index in [0.29, 0.717) is 0 Å². The third-order valence-electron chi connectivity index (χ3n) is 3.02. The summed E-state index contributed by atoms with van der Waals surface area (Å²) in [6, 6.07) is 15.9. The maximum Gasteiger partial charge on any atom is 0.360 e. The molecule has 1 nitrogen and oxygen atoms in total. The molecule has 0 bridgehead atoms. The highest BCUT2D eigenvalue weighted by Gasteiger charge is 2.22. The molecular weight excluding hydrogens is 195 g/mol. The maximum atomic E-state index is 10.4. The molecule has 1 heterocycles. The predicted octanol–water partition coefficient (Wildman–Crippen LogP) is 1.27. The number of fused-ring (bicyclic) bond motifs is 2. The largest absolute Gasteiger partial charge is 0.443 e. The summed E-state index contributed by atoms with van der Waals surface area (Å²) in [6.45, 7) is -0.526. The fourth-order valence-electron chi connectivity index (χ4n) is 2.17. The molecule has 1 aliphatic rings. The molecule has 0 saturated heterocycles. The van der Waals surface area contributed by atoms with E-state index in [1.54, 1.807) is 0 Å². The SMILES string of the molecule is OB1c2ccccc2C=Cc2ccccc21. The summed E-state index contributed by atoms with van der Waals surface area (Å²) >= 11 is 0. The van der Waals surface area contributed by atoms with E-state index < -0.39 is 6.92 Å². The summed E-state index contributed by atoms with van der Waals surface area (Å²) in [4.78, 5) is 0. The van der Waals surface area contributed by atoms with Crippen LogP contribution in [0, 0.1) is 0 Å². The van der Waals surface area contributed by atoms with Gasteiger partial charge in [0.2, 0.25) is 0 Å². The van der Waals surface area contributed by atoms with Crippen molar-refractivity contribution in [2.45, 2.75) is 0 Å². The van der Waals surface area contributed by atoms with Gasteiger partial charge in [-0.25, -0.2) is 0 Å². The van der Waals surface area contributed by atoms with Crippen LogP contribution in [0.25, 0.3) is 12.2 Å². The van der Waals surface area contributed by atoms with Gasteiger partial charge in [-0.3, -0.25) is 0 Å². The summed E-state index contributed by atoms with van der Waals surface area (Å²) in [5, 5.41) is 10.4. The van der Waals surface area contributed by atoms with Crippen LogP contribution in [0.5, 0.6) is 0 Å². The highest BCUT2D eigenvalue weighted by Crippen LogP contribution is 2.10. The lowest BCUT2D eigenvalue weighted by atomic mass is 9.54. The zero-order valence-corrected chi connectivity index (χ0v) is 8.80. The molecule has 0 aromatic heterocycles. The first-order valence-electron chi connectivity index (χ1n) is 5.40. The molecule has 2 heteroatoms. The molecule has 0 radical (unpaired) electrons. The second kappa shape index (κ2) is 3.65. The van der Waals surface area contributed by atoms with Crippen molar-refractivity contribution in [3.05, 3.63) is 59.7 Å². The van der Waals surface area contributed by atoms with Crippen LogP contribution in [-0.4, -0.2) is 11.9 Å². The minimum Gasteiger partial charge on any atom is -0.443 e.